The summed E-state index contributed by atoms with van der Waals surface area (Å²) < 4.78 is 38.1. The molecule has 146 valence electrons. The van der Waals surface area contributed by atoms with E-state index in [1.165, 1.54) is 12.1 Å². The van der Waals surface area contributed by atoms with Crippen LogP contribution in [0.2, 0.25) is 25.7 Å². The number of hydrogen-bond acceptors (Lipinski definition) is 6. The molecule has 0 saturated heterocycles. The van der Waals surface area contributed by atoms with Gasteiger partial charge in [0.05, 0.1) is 19.4 Å². The molecule has 0 aliphatic heterocycles. The number of nitrogens with one attached hydrogen (secondary N) is 1. The summed E-state index contributed by atoms with van der Waals surface area (Å²) in [5, 5.41) is 0. The van der Waals surface area contributed by atoms with Crippen molar-refractivity contribution in [1.29, 1.82) is 0 Å². The number of nitrogens with zero attached hydrogens (tertiary/aromatic N) is 1. The van der Waals surface area contributed by atoms with Gasteiger partial charge in [0.15, 0.2) is 0 Å². The van der Waals surface area contributed by atoms with Gasteiger partial charge in [-0.1, -0.05) is 19.6 Å². The molecule has 0 atom stereocenters. The van der Waals surface area contributed by atoms with E-state index in [-0.39, 0.29) is 12.3 Å². The number of amides is 1. The van der Waals surface area contributed by atoms with Gasteiger partial charge in [0.2, 0.25) is 0 Å². The fraction of sp³-hybridized carbons (Fsp3) is 0.467. The molecule has 0 heterocycles. The highest BCUT2D eigenvalue weighted by molar-refractivity contribution is 14.1. The Balaban J connectivity index is 2.91. The van der Waals surface area contributed by atoms with Crippen molar-refractivity contribution in [3.63, 3.8) is 0 Å². The summed E-state index contributed by atoms with van der Waals surface area (Å²) in [6, 6.07) is 7.13. The Hall–Kier alpha value is -1.34. The van der Waals surface area contributed by atoms with Gasteiger partial charge in [-0.3, -0.25) is 4.79 Å². The molecule has 1 N–H and O–H groups in total. The van der Waals surface area contributed by atoms with E-state index in [2.05, 4.69) is 47.0 Å². The molecular weight excluding hydrogens is 491 g/mol. The molecule has 8 nitrogen and oxygen atoms in total. The minimum atomic E-state index is -4.34. The number of hydrogen-bond donors (Lipinski definition) is 1. The molecule has 0 spiro atoms. The zero-order valence-corrected chi connectivity index (χ0v) is 19.1. The van der Waals surface area contributed by atoms with Crippen LogP contribution >= 0.6 is 22.6 Å². The zero-order valence-electron chi connectivity index (χ0n) is 15.1. The van der Waals surface area contributed by atoms with Crippen LogP contribution in [0.1, 0.15) is 0 Å². The third-order valence-electron chi connectivity index (χ3n) is 3.20. The molecule has 26 heavy (non-hydrogen) atoms. The molecule has 0 aliphatic carbocycles. The van der Waals surface area contributed by atoms with Crippen LogP contribution in [0, 0.1) is 3.57 Å². The lowest BCUT2D eigenvalue weighted by Gasteiger charge is -2.23. The molecule has 0 aromatic heterocycles. The predicted octanol–water partition coefficient (Wildman–Crippen LogP) is 2.58. The second-order valence-corrected chi connectivity index (χ2v) is 15.1. The van der Waals surface area contributed by atoms with E-state index in [0.29, 0.717) is 6.04 Å². The van der Waals surface area contributed by atoms with Gasteiger partial charge < -0.3 is 9.47 Å². The molecule has 1 amide bonds. The van der Waals surface area contributed by atoms with Crippen LogP contribution in [-0.4, -0.2) is 48.8 Å². The van der Waals surface area contributed by atoms with E-state index >= 15 is 0 Å². The number of carbonyl (C=O) groups is 2. The first kappa shape index (κ1) is 22.7. The number of carbonyl (C=O) groups excluding carboxylic acids is 2. The fourth-order valence-corrected chi connectivity index (χ4v) is 3.87. The minimum Gasteiger partial charge on any atom is -0.468 e. The van der Waals surface area contributed by atoms with E-state index in [1.807, 2.05) is 4.72 Å². The lowest BCUT2D eigenvalue weighted by Crippen LogP contribution is -2.46. The summed E-state index contributed by atoms with van der Waals surface area (Å²) in [6.45, 7) is 5.89. The van der Waals surface area contributed by atoms with E-state index in [1.54, 1.807) is 12.1 Å². The van der Waals surface area contributed by atoms with Crippen LogP contribution < -0.4 is 9.03 Å². The standard InChI is InChI=1S/C15H23IN2O6SSi/c1-23-14(19)11-18(13-7-5-12(16)6-8-13)25(21,22)17-15(20)24-9-10-26(2,3)4/h5-8H,9-11H2,1-4H3,(H,17,20). The molecule has 0 radical (unpaired) electrons. The van der Waals surface area contributed by atoms with Crippen LogP contribution in [0.15, 0.2) is 24.3 Å². The van der Waals surface area contributed by atoms with Crippen LogP contribution in [0.3, 0.4) is 0 Å². The first-order chi connectivity index (χ1) is 11.9. The molecule has 1 rings (SSSR count). The fourth-order valence-electron chi connectivity index (χ4n) is 1.74. The SMILES string of the molecule is COC(=O)CN(c1ccc(I)cc1)S(=O)(=O)NC(=O)OCC[Si](C)(C)C. The summed E-state index contributed by atoms with van der Waals surface area (Å²) in [7, 11) is -4.61. The van der Waals surface area contributed by atoms with Crippen molar-refractivity contribution < 1.29 is 27.5 Å². The van der Waals surface area contributed by atoms with Gasteiger partial charge >= 0.3 is 22.3 Å². The summed E-state index contributed by atoms with van der Waals surface area (Å²) >= 11 is 2.07. The van der Waals surface area contributed by atoms with Gasteiger partial charge in [-0.2, -0.15) is 8.42 Å². The first-order valence-corrected chi connectivity index (χ1v) is 14.0. The van der Waals surface area contributed by atoms with Crippen molar-refractivity contribution in [1.82, 2.24) is 4.72 Å². The number of benzene rings is 1. The minimum absolute atomic E-state index is 0.137. The Kier molecular flexibility index (Phi) is 8.34. The Bertz CT molecular complexity index is 733. The predicted molar refractivity (Wildman–Crippen MR) is 110 cm³/mol. The second kappa shape index (κ2) is 9.55. The number of esters is 1. The molecule has 1 aromatic rings. The molecule has 0 saturated carbocycles. The number of ether oxygens (including phenoxy) is 2. The largest absolute Gasteiger partial charge is 0.468 e. The molecule has 0 fully saturated rings. The summed E-state index contributed by atoms with van der Waals surface area (Å²) in [6.07, 6.45) is -1.08. The lowest BCUT2D eigenvalue weighted by molar-refractivity contribution is -0.138. The summed E-state index contributed by atoms with van der Waals surface area (Å²) in [4.78, 5) is 23.5. The van der Waals surface area contributed by atoms with E-state index in [9.17, 15) is 18.0 Å². The molecule has 0 unspecified atom stereocenters. The maximum atomic E-state index is 12.6. The maximum Gasteiger partial charge on any atom is 0.422 e. The molecule has 0 aliphatic rings. The molecular formula is C15H23IN2O6SSi. The Morgan fingerprint density at radius 3 is 2.27 bits per heavy atom. The molecule has 0 bridgehead atoms. The average molecular weight is 514 g/mol. The zero-order chi connectivity index (χ0) is 20.0. The van der Waals surface area contributed by atoms with Crippen molar-refractivity contribution >= 4 is 58.6 Å². The van der Waals surface area contributed by atoms with Crippen molar-refractivity contribution in [2.24, 2.45) is 0 Å². The highest BCUT2D eigenvalue weighted by Gasteiger charge is 2.28. The quantitative estimate of drug-likeness (QED) is 0.325. The second-order valence-electron chi connectivity index (χ2n) is 6.61. The van der Waals surface area contributed by atoms with Crippen LogP contribution in [0.5, 0.6) is 0 Å². The van der Waals surface area contributed by atoms with Gasteiger partial charge in [0, 0.05) is 11.6 Å². The van der Waals surface area contributed by atoms with Crippen LogP contribution in [0.25, 0.3) is 0 Å². The van der Waals surface area contributed by atoms with Gasteiger partial charge in [-0.25, -0.2) is 13.8 Å². The Morgan fingerprint density at radius 2 is 1.77 bits per heavy atom. The molecule has 1 aromatic carbocycles. The topological polar surface area (TPSA) is 102 Å². The lowest BCUT2D eigenvalue weighted by atomic mass is 10.3. The van der Waals surface area contributed by atoms with Gasteiger partial charge in [-0.15, -0.1) is 0 Å². The highest BCUT2D eigenvalue weighted by Crippen LogP contribution is 2.19. The van der Waals surface area contributed by atoms with E-state index < -0.39 is 36.9 Å². The summed E-state index contributed by atoms with van der Waals surface area (Å²) in [5.74, 6) is -0.763. The Morgan fingerprint density at radius 1 is 1.19 bits per heavy atom. The van der Waals surface area contributed by atoms with Crippen molar-refractivity contribution in [3.05, 3.63) is 27.8 Å². The van der Waals surface area contributed by atoms with Gasteiger partial charge in [0.1, 0.15) is 6.54 Å². The third kappa shape index (κ3) is 7.91. The number of halogens is 1. The van der Waals surface area contributed by atoms with Crippen molar-refractivity contribution in [2.75, 3.05) is 24.6 Å². The van der Waals surface area contributed by atoms with Crippen LogP contribution in [0.4, 0.5) is 10.5 Å². The summed E-state index contributed by atoms with van der Waals surface area (Å²) in [5.41, 5.74) is 0.221. The smallest absolute Gasteiger partial charge is 0.422 e. The highest BCUT2D eigenvalue weighted by atomic mass is 127. The molecule has 11 heteroatoms. The number of rotatable bonds is 8. The van der Waals surface area contributed by atoms with E-state index in [0.717, 1.165) is 15.0 Å². The third-order valence-corrected chi connectivity index (χ3v) is 6.97. The van der Waals surface area contributed by atoms with E-state index in [4.69, 9.17) is 4.74 Å². The maximum absolute atomic E-state index is 12.6. The average Bonchev–Trinajstić information content (AvgIpc) is 2.51. The first-order valence-electron chi connectivity index (χ1n) is 7.74. The van der Waals surface area contributed by atoms with Crippen molar-refractivity contribution in [2.45, 2.75) is 25.7 Å². The Labute approximate surface area is 168 Å². The monoisotopic (exact) mass is 514 g/mol. The number of methoxy groups -OCH3 is 1. The normalized spacial score (nSPS) is 11.6. The van der Waals surface area contributed by atoms with Crippen LogP contribution in [-0.2, 0) is 24.5 Å². The van der Waals surface area contributed by atoms with Gasteiger partial charge in [-0.05, 0) is 52.9 Å². The van der Waals surface area contributed by atoms with Crippen molar-refractivity contribution in [3.8, 4) is 0 Å². The van der Waals surface area contributed by atoms with Gasteiger partial charge in [0.25, 0.3) is 0 Å². The number of anilines is 1.